The van der Waals surface area contributed by atoms with Gasteiger partial charge in [-0.3, -0.25) is 4.79 Å². The van der Waals surface area contributed by atoms with E-state index >= 15 is 0 Å². The van der Waals surface area contributed by atoms with E-state index in [4.69, 9.17) is 0 Å². The highest BCUT2D eigenvalue weighted by molar-refractivity contribution is 6.00. The molecule has 1 aliphatic rings. The van der Waals surface area contributed by atoms with E-state index in [1.54, 1.807) is 10.9 Å². The summed E-state index contributed by atoms with van der Waals surface area (Å²) in [7, 11) is 0. The minimum absolute atomic E-state index is 0.100. The van der Waals surface area contributed by atoms with Crippen molar-refractivity contribution in [3.8, 4) is 5.69 Å². The first-order valence-corrected chi connectivity index (χ1v) is 8.62. The molecule has 1 aromatic carbocycles. The number of aliphatic hydroxyl groups excluding tert-OH is 1. The summed E-state index contributed by atoms with van der Waals surface area (Å²) in [5, 5.41) is 22.3. The first kappa shape index (κ1) is 16.7. The monoisotopic (exact) mass is 351 g/mol. The SMILES string of the molecule is Cc1nn(-c2ccccc2)c2c1C(=O)CC(C)(C)C2n1cc(CO)nn1. The van der Waals surface area contributed by atoms with Gasteiger partial charge in [-0.2, -0.15) is 5.10 Å². The lowest BCUT2D eigenvalue weighted by molar-refractivity contribution is 0.0854. The third kappa shape index (κ3) is 2.47. The van der Waals surface area contributed by atoms with Crippen molar-refractivity contribution in [3.05, 3.63) is 59.2 Å². The molecule has 0 amide bonds. The largest absolute Gasteiger partial charge is 0.390 e. The van der Waals surface area contributed by atoms with Crippen molar-refractivity contribution in [1.29, 1.82) is 0 Å². The fraction of sp³-hybridized carbons (Fsp3) is 0.368. The number of hydrogen-bond donors (Lipinski definition) is 1. The van der Waals surface area contributed by atoms with Crippen molar-refractivity contribution in [2.45, 2.75) is 39.8 Å². The van der Waals surface area contributed by atoms with Crippen LogP contribution in [-0.4, -0.2) is 35.7 Å². The highest BCUT2D eigenvalue weighted by Gasteiger charge is 2.45. The second-order valence-electron chi connectivity index (χ2n) is 7.43. The van der Waals surface area contributed by atoms with Gasteiger partial charge in [-0.15, -0.1) is 5.10 Å². The Balaban J connectivity index is 1.99. The maximum atomic E-state index is 12.9. The van der Waals surface area contributed by atoms with Crippen LogP contribution >= 0.6 is 0 Å². The number of carbonyl (C=O) groups is 1. The Morgan fingerprint density at radius 1 is 1.27 bits per heavy atom. The fourth-order valence-corrected chi connectivity index (χ4v) is 3.87. The third-order valence-electron chi connectivity index (χ3n) is 4.98. The Labute approximate surface area is 151 Å². The third-order valence-corrected chi connectivity index (χ3v) is 4.98. The van der Waals surface area contributed by atoms with Gasteiger partial charge in [-0.25, -0.2) is 9.36 Å². The number of carbonyl (C=O) groups excluding carboxylic acids is 1. The highest BCUT2D eigenvalue weighted by atomic mass is 16.3. The van der Waals surface area contributed by atoms with Crippen LogP contribution in [0.15, 0.2) is 36.5 Å². The molecule has 0 aliphatic heterocycles. The van der Waals surface area contributed by atoms with E-state index in [2.05, 4.69) is 29.3 Å². The highest BCUT2D eigenvalue weighted by Crippen LogP contribution is 2.46. The number of benzene rings is 1. The standard InChI is InChI=1S/C19H21N5O2/c1-12-16-15(26)9-19(2,3)18(23-10-13(11-25)20-22-23)17(16)24(21-12)14-7-5-4-6-8-14/h4-8,10,18,25H,9,11H2,1-3H3. The smallest absolute Gasteiger partial charge is 0.167 e. The molecule has 1 aliphatic carbocycles. The molecule has 1 N–H and O–H groups in total. The summed E-state index contributed by atoms with van der Waals surface area (Å²) in [4.78, 5) is 12.9. The van der Waals surface area contributed by atoms with E-state index in [-0.39, 0.29) is 23.8 Å². The molecule has 2 aromatic heterocycles. The number of rotatable bonds is 3. The topological polar surface area (TPSA) is 85.8 Å². The van der Waals surface area contributed by atoms with Crippen molar-refractivity contribution in [2.24, 2.45) is 5.41 Å². The van der Waals surface area contributed by atoms with Crippen molar-refractivity contribution >= 4 is 5.78 Å². The number of nitrogens with zero attached hydrogens (tertiary/aromatic N) is 5. The molecular weight excluding hydrogens is 330 g/mol. The second kappa shape index (κ2) is 5.88. The summed E-state index contributed by atoms with van der Waals surface area (Å²) < 4.78 is 3.59. The summed E-state index contributed by atoms with van der Waals surface area (Å²) >= 11 is 0. The lowest BCUT2D eigenvalue weighted by atomic mass is 9.71. The molecule has 7 heteroatoms. The van der Waals surface area contributed by atoms with Crippen molar-refractivity contribution in [1.82, 2.24) is 24.8 Å². The lowest BCUT2D eigenvalue weighted by Crippen LogP contribution is -2.37. The lowest BCUT2D eigenvalue weighted by Gasteiger charge is -2.38. The van der Waals surface area contributed by atoms with Crippen LogP contribution in [-0.2, 0) is 6.61 Å². The number of aromatic nitrogens is 5. The van der Waals surface area contributed by atoms with Crippen molar-refractivity contribution < 1.29 is 9.90 Å². The molecule has 0 spiro atoms. The summed E-state index contributed by atoms with van der Waals surface area (Å²) in [6.07, 6.45) is 2.14. The molecule has 0 radical (unpaired) electrons. The zero-order valence-corrected chi connectivity index (χ0v) is 15.0. The molecule has 0 saturated heterocycles. The minimum Gasteiger partial charge on any atom is -0.390 e. The minimum atomic E-state index is -0.372. The molecule has 1 atom stereocenters. The Morgan fingerprint density at radius 2 is 2.00 bits per heavy atom. The van der Waals surface area contributed by atoms with Gasteiger partial charge in [0, 0.05) is 11.8 Å². The normalized spacial score (nSPS) is 18.8. The summed E-state index contributed by atoms with van der Waals surface area (Å²) in [6, 6.07) is 9.56. The molecule has 0 fully saturated rings. The van der Waals surface area contributed by atoms with E-state index in [0.717, 1.165) is 17.1 Å². The number of Topliss-reactive ketones (excluding diaryl/α,β-unsaturated/α-hetero) is 1. The Morgan fingerprint density at radius 3 is 2.65 bits per heavy atom. The first-order valence-electron chi connectivity index (χ1n) is 8.62. The Hall–Kier alpha value is -2.80. The van der Waals surface area contributed by atoms with Crippen LogP contribution in [0.4, 0.5) is 0 Å². The Kier molecular flexibility index (Phi) is 3.77. The number of para-hydroxylation sites is 1. The maximum absolute atomic E-state index is 12.9. The van der Waals surface area contributed by atoms with Gasteiger partial charge in [0.1, 0.15) is 11.7 Å². The summed E-state index contributed by atoms with van der Waals surface area (Å²) in [5.74, 6) is 0.100. The molecular formula is C19H21N5O2. The van der Waals surface area contributed by atoms with E-state index in [0.29, 0.717) is 17.7 Å². The predicted molar refractivity (Wildman–Crippen MR) is 95.1 cm³/mol. The average Bonchev–Trinajstić information content (AvgIpc) is 3.20. The molecule has 0 saturated carbocycles. The van der Waals surface area contributed by atoms with E-state index < -0.39 is 0 Å². The van der Waals surface area contributed by atoms with Crippen LogP contribution in [0.3, 0.4) is 0 Å². The maximum Gasteiger partial charge on any atom is 0.167 e. The van der Waals surface area contributed by atoms with Crippen LogP contribution < -0.4 is 0 Å². The van der Waals surface area contributed by atoms with Crippen LogP contribution in [0.2, 0.25) is 0 Å². The Bertz CT molecular complexity index is 971. The summed E-state index contributed by atoms with van der Waals surface area (Å²) in [5.41, 5.74) is 3.24. The molecule has 2 heterocycles. The number of aliphatic hydroxyl groups is 1. The van der Waals surface area contributed by atoms with E-state index in [1.807, 2.05) is 41.9 Å². The summed E-state index contributed by atoms with van der Waals surface area (Å²) in [6.45, 7) is 5.80. The van der Waals surface area contributed by atoms with Gasteiger partial charge in [0.15, 0.2) is 5.78 Å². The number of aryl methyl sites for hydroxylation is 1. The molecule has 0 bridgehead atoms. The second-order valence-corrected chi connectivity index (χ2v) is 7.43. The van der Waals surface area contributed by atoms with E-state index in [9.17, 15) is 9.90 Å². The molecule has 1 unspecified atom stereocenters. The average molecular weight is 351 g/mol. The number of hydrogen-bond acceptors (Lipinski definition) is 5. The number of ketones is 1. The van der Waals surface area contributed by atoms with Gasteiger partial charge < -0.3 is 5.11 Å². The number of fused-ring (bicyclic) bond motifs is 1. The van der Waals surface area contributed by atoms with Crippen LogP contribution in [0.5, 0.6) is 0 Å². The van der Waals surface area contributed by atoms with Gasteiger partial charge in [-0.1, -0.05) is 37.3 Å². The van der Waals surface area contributed by atoms with Gasteiger partial charge in [-0.05, 0) is 19.1 Å². The van der Waals surface area contributed by atoms with E-state index in [1.165, 1.54) is 0 Å². The van der Waals surface area contributed by atoms with Crippen molar-refractivity contribution in [3.63, 3.8) is 0 Å². The van der Waals surface area contributed by atoms with Crippen LogP contribution in [0, 0.1) is 12.3 Å². The molecule has 4 rings (SSSR count). The van der Waals surface area contributed by atoms with Gasteiger partial charge in [0.25, 0.3) is 0 Å². The predicted octanol–water partition coefficient (Wildman–Crippen LogP) is 2.47. The zero-order valence-electron chi connectivity index (χ0n) is 15.0. The fourth-order valence-electron chi connectivity index (χ4n) is 3.87. The molecule has 3 aromatic rings. The molecule has 7 nitrogen and oxygen atoms in total. The molecule has 26 heavy (non-hydrogen) atoms. The van der Waals surface area contributed by atoms with Crippen LogP contribution in [0.25, 0.3) is 5.69 Å². The van der Waals surface area contributed by atoms with Gasteiger partial charge in [0.05, 0.1) is 35.4 Å². The van der Waals surface area contributed by atoms with Crippen molar-refractivity contribution in [2.75, 3.05) is 0 Å². The zero-order chi connectivity index (χ0) is 18.5. The quantitative estimate of drug-likeness (QED) is 0.783. The van der Waals surface area contributed by atoms with Gasteiger partial charge >= 0.3 is 0 Å². The van der Waals surface area contributed by atoms with Crippen LogP contribution in [0.1, 0.15) is 53.7 Å². The molecule has 134 valence electrons. The first-order chi connectivity index (χ1) is 12.4. The van der Waals surface area contributed by atoms with Gasteiger partial charge in [0.2, 0.25) is 0 Å².